The van der Waals surface area contributed by atoms with Gasteiger partial charge in [0.25, 0.3) is 0 Å². The maximum atomic E-state index is 11.2. The summed E-state index contributed by atoms with van der Waals surface area (Å²) < 4.78 is 5.13. The summed E-state index contributed by atoms with van der Waals surface area (Å²) in [4.78, 5) is 24.8. The third-order valence-electron chi connectivity index (χ3n) is 3.42. The summed E-state index contributed by atoms with van der Waals surface area (Å²) >= 11 is 0. The van der Waals surface area contributed by atoms with Crippen LogP contribution in [0.25, 0.3) is 0 Å². The molecule has 0 radical (unpaired) electrons. The largest absolute Gasteiger partial charge is 0.465 e. The van der Waals surface area contributed by atoms with Gasteiger partial charge < -0.3 is 19.6 Å². The molecule has 2 unspecified atom stereocenters. The molecule has 1 N–H and O–H groups in total. The van der Waals surface area contributed by atoms with Crippen LogP contribution in [0.3, 0.4) is 0 Å². The highest BCUT2D eigenvalue weighted by Crippen LogP contribution is 2.57. The molecule has 1 heterocycles. The van der Waals surface area contributed by atoms with Crippen molar-refractivity contribution in [2.24, 2.45) is 11.3 Å². The van der Waals surface area contributed by atoms with Crippen molar-refractivity contribution in [3.8, 4) is 0 Å². The molecule has 2 atom stereocenters. The molecule has 0 aromatic heterocycles. The Kier molecular flexibility index (Phi) is 2.44. The van der Waals surface area contributed by atoms with Gasteiger partial charge >= 0.3 is 12.2 Å². The van der Waals surface area contributed by atoms with Gasteiger partial charge in [0, 0.05) is 32.6 Å². The Balaban J connectivity index is 1.84. The van der Waals surface area contributed by atoms with Crippen LogP contribution in [-0.2, 0) is 4.74 Å². The summed E-state index contributed by atoms with van der Waals surface area (Å²) in [6.07, 6.45) is -0.281. The van der Waals surface area contributed by atoms with Crippen molar-refractivity contribution < 1.29 is 19.4 Å². The molecule has 1 aliphatic carbocycles. The summed E-state index contributed by atoms with van der Waals surface area (Å²) in [7, 11) is 3.26. The molecule has 0 bridgehead atoms. The Hall–Kier alpha value is -1.46. The van der Waals surface area contributed by atoms with Crippen LogP contribution in [0.4, 0.5) is 9.59 Å². The van der Waals surface area contributed by atoms with Gasteiger partial charge in [-0.15, -0.1) is 0 Å². The summed E-state index contributed by atoms with van der Waals surface area (Å²) in [5.74, 6) is 0.374. The number of carbonyl (C=O) groups is 2. The first kappa shape index (κ1) is 11.0. The fourth-order valence-electron chi connectivity index (χ4n) is 2.30. The molecule has 1 aliphatic heterocycles. The minimum Gasteiger partial charge on any atom is -0.465 e. The highest BCUT2D eigenvalue weighted by Gasteiger charge is 2.61. The second-order valence-corrected chi connectivity index (χ2v) is 4.88. The lowest BCUT2D eigenvalue weighted by Gasteiger charge is -2.18. The lowest BCUT2D eigenvalue weighted by molar-refractivity contribution is 0.0912. The highest BCUT2D eigenvalue weighted by atomic mass is 16.6. The molecule has 0 aromatic carbocycles. The van der Waals surface area contributed by atoms with Gasteiger partial charge in [0.15, 0.2) is 0 Å². The van der Waals surface area contributed by atoms with Gasteiger partial charge in [-0.3, -0.25) is 0 Å². The number of rotatable bonds is 2. The van der Waals surface area contributed by atoms with Crippen LogP contribution < -0.4 is 0 Å². The van der Waals surface area contributed by atoms with Gasteiger partial charge in [-0.1, -0.05) is 0 Å². The van der Waals surface area contributed by atoms with Crippen LogP contribution in [0.1, 0.15) is 6.42 Å². The SMILES string of the molecule is CN(C)C(=O)OCC12CC1CN(C(=O)O)C2. The van der Waals surface area contributed by atoms with E-state index in [9.17, 15) is 9.59 Å². The van der Waals surface area contributed by atoms with Gasteiger partial charge in [0.1, 0.15) is 6.61 Å². The van der Waals surface area contributed by atoms with Crippen molar-refractivity contribution in [3.05, 3.63) is 0 Å². The van der Waals surface area contributed by atoms with Gasteiger partial charge in [-0.25, -0.2) is 9.59 Å². The summed E-state index contributed by atoms with van der Waals surface area (Å²) in [5.41, 5.74) is -0.0932. The number of nitrogens with zero attached hydrogens (tertiary/aromatic N) is 2. The molecular formula is C10H16N2O4. The van der Waals surface area contributed by atoms with E-state index in [1.807, 2.05) is 0 Å². The number of hydrogen-bond acceptors (Lipinski definition) is 3. The van der Waals surface area contributed by atoms with Crippen molar-refractivity contribution in [3.63, 3.8) is 0 Å². The van der Waals surface area contributed by atoms with Crippen LogP contribution >= 0.6 is 0 Å². The van der Waals surface area contributed by atoms with Gasteiger partial charge in [-0.2, -0.15) is 0 Å². The van der Waals surface area contributed by atoms with Gasteiger partial charge in [-0.05, 0) is 12.3 Å². The lowest BCUT2D eigenvalue weighted by atomic mass is 10.1. The van der Waals surface area contributed by atoms with E-state index in [0.29, 0.717) is 25.6 Å². The van der Waals surface area contributed by atoms with E-state index >= 15 is 0 Å². The molecule has 1 saturated carbocycles. The van der Waals surface area contributed by atoms with E-state index in [0.717, 1.165) is 6.42 Å². The molecule has 6 nitrogen and oxygen atoms in total. The molecule has 16 heavy (non-hydrogen) atoms. The first-order chi connectivity index (χ1) is 7.44. The van der Waals surface area contributed by atoms with E-state index in [-0.39, 0.29) is 11.5 Å². The van der Waals surface area contributed by atoms with Crippen LogP contribution in [0.5, 0.6) is 0 Å². The molecule has 1 saturated heterocycles. The lowest BCUT2D eigenvalue weighted by Crippen LogP contribution is -2.32. The summed E-state index contributed by atoms with van der Waals surface area (Å²) in [5, 5.41) is 8.84. The number of fused-ring (bicyclic) bond motifs is 1. The zero-order valence-electron chi connectivity index (χ0n) is 9.47. The molecule has 2 amide bonds. The third-order valence-corrected chi connectivity index (χ3v) is 3.42. The Morgan fingerprint density at radius 3 is 2.75 bits per heavy atom. The molecule has 90 valence electrons. The molecule has 6 heteroatoms. The maximum Gasteiger partial charge on any atom is 0.409 e. The minimum absolute atomic E-state index is 0.0932. The van der Waals surface area contributed by atoms with E-state index in [1.165, 1.54) is 9.80 Å². The molecule has 2 rings (SSSR count). The fraction of sp³-hybridized carbons (Fsp3) is 0.800. The van der Waals surface area contributed by atoms with Gasteiger partial charge in [0.2, 0.25) is 0 Å². The van der Waals surface area contributed by atoms with E-state index < -0.39 is 6.09 Å². The average molecular weight is 228 g/mol. The second kappa shape index (κ2) is 3.54. The molecule has 2 fully saturated rings. The van der Waals surface area contributed by atoms with Gasteiger partial charge in [0.05, 0.1) is 0 Å². The first-order valence-electron chi connectivity index (χ1n) is 5.26. The number of ether oxygens (including phenoxy) is 1. The summed E-state index contributed by atoms with van der Waals surface area (Å²) in [6, 6.07) is 0. The number of amides is 2. The number of piperidine rings is 1. The highest BCUT2D eigenvalue weighted by molar-refractivity contribution is 5.67. The Labute approximate surface area is 93.8 Å². The monoisotopic (exact) mass is 228 g/mol. The van der Waals surface area contributed by atoms with Crippen molar-refractivity contribution in [1.82, 2.24) is 9.80 Å². The topological polar surface area (TPSA) is 70.1 Å². The maximum absolute atomic E-state index is 11.2. The molecule has 0 spiro atoms. The molecular weight excluding hydrogens is 212 g/mol. The second-order valence-electron chi connectivity index (χ2n) is 4.88. The van der Waals surface area contributed by atoms with E-state index in [1.54, 1.807) is 14.1 Å². The predicted molar refractivity (Wildman–Crippen MR) is 55.2 cm³/mol. The number of hydrogen-bond donors (Lipinski definition) is 1. The van der Waals surface area contributed by atoms with E-state index in [2.05, 4.69) is 0 Å². The Bertz CT molecular complexity index is 331. The van der Waals surface area contributed by atoms with E-state index in [4.69, 9.17) is 9.84 Å². The third kappa shape index (κ3) is 1.79. The number of carboxylic acid groups (broad SMARTS) is 1. The van der Waals surface area contributed by atoms with Crippen molar-refractivity contribution >= 4 is 12.2 Å². The molecule has 2 aliphatic rings. The summed E-state index contributed by atoms with van der Waals surface area (Å²) in [6.45, 7) is 1.40. The Morgan fingerprint density at radius 1 is 1.56 bits per heavy atom. The Morgan fingerprint density at radius 2 is 2.25 bits per heavy atom. The zero-order chi connectivity index (χ0) is 11.9. The molecule has 0 aromatic rings. The quantitative estimate of drug-likeness (QED) is 0.754. The fourth-order valence-corrected chi connectivity index (χ4v) is 2.30. The minimum atomic E-state index is -0.884. The first-order valence-corrected chi connectivity index (χ1v) is 5.26. The zero-order valence-corrected chi connectivity index (χ0v) is 9.47. The normalized spacial score (nSPS) is 30.9. The van der Waals surface area contributed by atoms with Crippen LogP contribution in [0.2, 0.25) is 0 Å². The van der Waals surface area contributed by atoms with Crippen molar-refractivity contribution in [2.45, 2.75) is 6.42 Å². The van der Waals surface area contributed by atoms with Crippen LogP contribution in [0.15, 0.2) is 0 Å². The van der Waals surface area contributed by atoms with Crippen molar-refractivity contribution in [1.29, 1.82) is 0 Å². The predicted octanol–water partition coefficient (Wildman–Crippen LogP) is 0.685. The van der Waals surface area contributed by atoms with Crippen LogP contribution in [0, 0.1) is 11.3 Å². The number of carbonyl (C=O) groups excluding carboxylic acids is 1. The van der Waals surface area contributed by atoms with Crippen molar-refractivity contribution in [2.75, 3.05) is 33.8 Å². The standard InChI is InChI=1S/C10H16N2O4/c1-11(2)9(15)16-6-10-3-7(10)4-12(5-10)8(13)14/h7H,3-6H2,1-2H3,(H,13,14). The smallest absolute Gasteiger partial charge is 0.409 e. The van der Waals surface area contributed by atoms with Crippen LogP contribution in [-0.4, -0.2) is 60.9 Å². The number of likely N-dealkylation sites (tertiary alicyclic amines) is 1. The average Bonchev–Trinajstić information content (AvgIpc) is 2.77.